The van der Waals surface area contributed by atoms with Gasteiger partial charge in [-0.25, -0.2) is 18.0 Å². The van der Waals surface area contributed by atoms with E-state index in [2.05, 4.69) is 10.0 Å². The molecule has 0 heterocycles. The van der Waals surface area contributed by atoms with Crippen LogP contribution < -0.4 is 4.90 Å². The summed E-state index contributed by atoms with van der Waals surface area (Å²) in [4.78, 5) is 17.0. The first-order chi connectivity index (χ1) is 22.5. The lowest BCUT2D eigenvalue weighted by Crippen LogP contribution is -2.31. The van der Waals surface area contributed by atoms with Crippen LogP contribution in [0.5, 0.6) is 0 Å². The molecule has 0 spiro atoms. The highest BCUT2D eigenvalue weighted by Gasteiger charge is 2.42. The van der Waals surface area contributed by atoms with Gasteiger partial charge in [0.15, 0.2) is 11.6 Å². The summed E-state index contributed by atoms with van der Waals surface area (Å²) in [5.74, 6) is -7.04. The average molecular weight is 633 g/mol. The van der Waals surface area contributed by atoms with Crippen molar-refractivity contribution in [3.8, 4) is 0 Å². The van der Waals surface area contributed by atoms with Crippen molar-refractivity contribution in [1.82, 2.24) is 0 Å². The Morgan fingerprint density at radius 3 is 2.21 bits per heavy atom. The molecule has 0 fully saturated rings. The third-order valence-corrected chi connectivity index (χ3v) is 8.86. The minimum Gasteiger partial charge on any atom is -0.478 e. The summed E-state index contributed by atoms with van der Waals surface area (Å²) in [7, 11) is 3.81. The molecule has 10 heteroatoms. The molecule has 1 N–H and O–H groups in total. The zero-order valence-electron chi connectivity index (χ0n) is 26.0. The normalized spacial score (nSPS) is 15.7. The molecule has 47 heavy (non-hydrogen) atoms. The number of para-hydroxylation sites is 2. The van der Waals surface area contributed by atoms with E-state index in [-0.39, 0.29) is 5.57 Å². The zero-order chi connectivity index (χ0) is 33.6. The summed E-state index contributed by atoms with van der Waals surface area (Å²) < 4.78 is 48.8. The van der Waals surface area contributed by atoms with Crippen molar-refractivity contribution in [1.29, 1.82) is 0 Å². The molecule has 234 valence electrons. The maximum absolute atomic E-state index is 16.4. The number of azide groups is 1. The fraction of sp³-hybridized carbons (Fsp3) is 0.135. The van der Waals surface area contributed by atoms with Gasteiger partial charge < -0.3 is 10.0 Å². The maximum atomic E-state index is 16.4. The molecule has 2 aliphatic carbocycles. The molecule has 2 aliphatic rings. The Morgan fingerprint density at radius 1 is 0.915 bits per heavy atom. The second-order valence-corrected chi connectivity index (χ2v) is 11.8. The van der Waals surface area contributed by atoms with Crippen molar-refractivity contribution in [2.75, 3.05) is 19.0 Å². The molecule has 0 aliphatic heterocycles. The molecule has 4 aromatic carbocycles. The van der Waals surface area contributed by atoms with Gasteiger partial charge in [0, 0.05) is 64.2 Å². The minimum absolute atomic E-state index is 0.0420. The van der Waals surface area contributed by atoms with Crippen LogP contribution in [-0.4, -0.2) is 35.5 Å². The number of aromatic carboxylic acids is 1. The van der Waals surface area contributed by atoms with Gasteiger partial charge in [0.05, 0.1) is 0 Å². The lowest BCUT2D eigenvalue weighted by molar-refractivity contribution is -0.403. The third-order valence-electron chi connectivity index (χ3n) is 8.86. The third kappa shape index (κ3) is 5.09. The maximum Gasteiger partial charge on any atom is 0.339 e. The van der Waals surface area contributed by atoms with Crippen molar-refractivity contribution in [3.63, 3.8) is 0 Å². The highest BCUT2D eigenvalue weighted by atomic mass is 19.2. The first-order valence-electron chi connectivity index (χ1n) is 14.7. The van der Waals surface area contributed by atoms with Gasteiger partial charge >= 0.3 is 5.97 Å². The van der Waals surface area contributed by atoms with Crippen molar-refractivity contribution < 1.29 is 27.6 Å². The van der Waals surface area contributed by atoms with E-state index in [0.717, 1.165) is 22.8 Å². The molecular formula is C37H29F3N5O2+. The van der Waals surface area contributed by atoms with Crippen molar-refractivity contribution in [2.24, 2.45) is 5.11 Å². The van der Waals surface area contributed by atoms with Crippen LogP contribution in [0.4, 0.5) is 35.9 Å². The van der Waals surface area contributed by atoms with Crippen LogP contribution in [0.1, 0.15) is 40.9 Å². The van der Waals surface area contributed by atoms with E-state index < -0.39 is 45.7 Å². The quantitative estimate of drug-likeness (QED) is 0.0754. The minimum atomic E-state index is -1.88. The average Bonchev–Trinajstić information content (AvgIpc) is 3.08. The predicted octanol–water partition coefficient (Wildman–Crippen LogP) is 9.52. The number of nitrogens with zero attached hydrogens (tertiary/aromatic N) is 5. The second kappa shape index (κ2) is 11.8. The number of anilines is 2. The first-order valence-corrected chi connectivity index (χ1v) is 14.7. The number of carbonyl (C=O) groups is 1. The summed E-state index contributed by atoms with van der Waals surface area (Å²) in [6.07, 6.45) is 5.47. The van der Waals surface area contributed by atoms with E-state index >= 15 is 8.78 Å². The van der Waals surface area contributed by atoms with Crippen LogP contribution in [0.25, 0.3) is 16.0 Å². The highest BCUT2D eigenvalue weighted by Crippen LogP contribution is 2.52. The van der Waals surface area contributed by atoms with Crippen molar-refractivity contribution in [3.05, 3.63) is 158 Å². The van der Waals surface area contributed by atoms with E-state index in [1.165, 1.54) is 0 Å². The molecule has 0 amide bonds. The standard InChI is InChI=1S/C37H28F3N5O2/c1-37(2)27-19-23(44(3)21-11-7-5-8-12-21)15-17-25(27)29(30-31(36(46)47)32(38)34(40)35(33(30)39)42-43-41)26-18-16-24(20-28(26)37)45(4)22-13-9-6-10-14-22/h5-20H,1-4H3/p+1. The van der Waals surface area contributed by atoms with E-state index in [1.54, 1.807) is 24.3 Å². The topological polar surface area (TPSA) is 92.3 Å². The Bertz CT molecular complexity index is 2150. The van der Waals surface area contributed by atoms with Crippen LogP contribution in [0.15, 0.2) is 113 Å². The molecular weight excluding hydrogens is 603 g/mol. The smallest absolute Gasteiger partial charge is 0.339 e. The van der Waals surface area contributed by atoms with E-state index in [1.807, 2.05) is 110 Å². The van der Waals surface area contributed by atoms with Gasteiger partial charge in [0.25, 0.3) is 0 Å². The van der Waals surface area contributed by atoms with E-state index in [4.69, 9.17) is 5.53 Å². The molecule has 7 nitrogen and oxygen atoms in total. The van der Waals surface area contributed by atoms with Gasteiger partial charge in [-0.1, -0.05) is 61.4 Å². The fourth-order valence-electron chi connectivity index (χ4n) is 6.33. The summed E-state index contributed by atoms with van der Waals surface area (Å²) in [6, 6.07) is 24.8. The summed E-state index contributed by atoms with van der Waals surface area (Å²) in [6.45, 7) is 4.01. The number of rotatable bonds is 6. The molecule has 0 saturated carbocycles. The van der Waals surface area contributed by atoms with Crippen LogP contribution in [0.3, 0.4) is 0 Å². The SMILES string of the molecule is CN(c1ccccc1)c1ccc2c(c1)C(C)(C)C1=CC(=[N+](C)c3ccccc3)C=CC1=C2c1c(F)c(N=[N+]=[N-])c(F)c(F)c1C(=O)O. The van der Waals surface area contributed by atoms with Gasteiger partial charge in [-0.2, -0.15) is 4.58 Å². The lowest BCUT2D eigenvalue weighted by atomic mass is 9.64. The second-order valence-electron chi connectivity index (χ2n) is 11.8. The Kier molecular flexibility index (Phi) is 7.83. The van der Waals surface area contributed by atoms with Crippen molar-refractivity contribution >= 4 is 40.0 Å². The van der Waals surface area contributed by atoms with Gasteiger partial charge in [0.2, 0.25) is 11.4 Å². The Morgan fingerprint density at radius 2 is 1.57 bits per heavy atom. The van der Waals surface area contributed by atoms with Gasteiger partial charge in [-0.3, -0.25) is 0 Å². The number of benzene rings is 4. The molecule has 0 aromatic heterocycles. The number of halogens is 3. The fourth-order valence-corrected chi connectivity index (χ4v) is 6.33. The van der Waals surface area contributed by atoms with Crippen LogP contribution in [-0.2, 0) is 5.41 Å². The largest absolute Gasteiger partial charge is 0.478 e. The number of fused-ring (bicyclic) bond motifs is 2. The Labute approximate surface area is 269 Å². The molecule has 0 bridgehead atoms. The van der Waals surface area contributed by atoms with Crippen LogP contribution in [0.2, 0.25) is 0 Å². The molecule has 4 aromatic rings. The van der Waals surface area contributed by atoms with E-state index in [9.17, 15) is 14.3 Å². The number of carboxylic acids is 1. The first kappa shape index (κ1) is 31.1. The Hall–Kier alpha value is -5.86. The lowest BCUT2D eigenvalue weighted by Gasteiger charge is -2.40. The summed E-state index contributed by atoms with van der Waals surface area (Å²) in [5.41, 5.74) is 10.9. The van der Waals surface area contributed by atoms with Gasteiger partial charge in [-0.15, -0.1) is 0 Å². The number of hydrogen-bond acceptors (Lipinski definition) is 3. The molecule has 0 saturated heterocycles. The summed E-state index contributed by atoms with van der Waals surface area (Å²) in [5, 5.41) is 13.2. The molecule has 6 rings (SSSR count). The monoisotopic (exact) mass is 632 g/mol. The number of allylic oxidation sites excluding steroid dienone is 5. The van der Waals surface area contributed by atoms with E-state index in [0.29, 0.717) is 22.3 Å². The zero-order valence-corrected chi connectivity index (χ0v) is 26.0. The molecule has 0 unspecified atom stereocenters. The summed E-state index contributed by atoms with van der Waals surface area (Å²) >= 11 is 0. The highest BCUT2D eigenvalue weighted by molar-refractivity contribution is 6.09. The number of carboxylic acid groups (broad SMARTS) is 1. The number of hydrogen-bond donors (Lipinski definition) is 1. The predicted molar refractivity (Wildman–Crippen MR) is 177 cm³/mol. The Balaban J connectivity index is 1.72. The van der Waals surface area contributed by atoms with Crippen molar-refractivity contribution in [2.45, 2.75) is 19.3 Å². The van der Waals surface area contributed by atoms with Crippen LogP contribution >= 0.6 is 0 Å². The molecule has 0 atom stereocenters. The molecule has 0 radical (unpaired) electrons. The van der Waals surface area contributed by atoms with Crippen LogP contribution in [0, 0.1) is 17.5 Å². The van der Waals surface area contributed by atoms with Gasteiger partial charge in [-0.05, 0) is 58.1 Å². The van der Waals surface area contributed by atoms with Gasteiger partial charge in [0.1, 0.15) is 24.1 Å².